The average Bonchev–Trinajstić information content (AvgIpc) is 2.67. The molecule has 0 fully saturated rings. The first-order valence-corrected chi connectivity index (χ1v) is 8.52. The van der Waals surface area contributed by atoms with E-state index in [2.05, 4.69) is 30.6 Å². The summed E-state index contributed by atoms with van der Waals surface area (Å²) in [6.07, 6.45) is 1.76. The third-order valence-electron chi connectivity index (χ3n) is 4.18. The fourth-order valence-electron chi connectivity index (χ4n) is 2.76. The van der Waals surface area contributed by atoms with Crippen LogP contribution in [0.4, 0.5) is 17.6 Å². The van der Waals surface area contributed by atoms with E-state index in [0.717, 1.165) is 22.2 Å². The van der Waals surface area contributed by atoms with E-state index in [-0.39, 0.29) is 12.0 Å². The van der Waals surface area contributed by atoms with Crippen LogP contribution in [0.2, 0.25) is 0 Å². The van der Waals surface area contributed by atoms with Gasteiger partial charge in [0, 0.05) is 23.8 Å². The normalized spacial score (nSPS) is 10.7. The second-order valence-electron chi connectivity index (χ2n) is 6.10. The lowest BCUT2D eigenvalue weighted by atomic mass is 10.1. The van der Waals surface area contributed by atoms with Crippen LogP contribution in [0, 0.1) is 6.92 Å². The Labute approximate surface area is 156 Å². The molecular formula is C20H18N6O. The summed E-state index contributed by atoms with van der Waals surface area (Å²) >= 11 is 0. The summed E-state index contributed by atoms with van der Waals surface area (Å²) in [5.74, 6) is 0.564. The number of fused-ring (bicyclic) bond motifs is 1. The van der Waals surface area contributed by atoms with Crippen LogP contribution >= 0.6 is 0 Å². The minimum Gasteiger partial charge on any atom is -0.479 e. The molecule has 2 heterocycles. The topological polar surface area (TPSA) is 95.9 Å². The zero-order chi connectivity index (χ0) is 18.6. The van der Waals surface area contributed by atoms with Crippen LogP contribution in [-0.2, 0) is 6.54 Å². The van der Waals surface area contributed by atoms with E-state index in [1.807, 2.05) is 61.5 Å². The van der Waals surface area contributed by atoms with Crippen molar-refractivity contribution in [3.8, 4) is 6.01 Å². The second-order valence-corrected chi connectivity index (χ2v) is 6.10. The molecule has 27 heavy (non-hydrogen) atoms. The SMILES string of the molecule is Cc1ccccc1CNc1nc(O)nc(Nc2ccc3ncccc3c2)n1. The highest BCUT2D eigenvalue weighted by Crippen LogP contribution is 2.21. The fourth-order valence-corrected chi connectivity index (χ4v) is 2.76. The summed E-state index contributed by atoms with van der Waals surface area (Å²) in [4.78, 5) is 16.5. The van der Waals surface area contributed by atoms with Gasteiger partial charge in [-0.05, 0) is 42.3 Å². The molecule has 0 aliphatic carbocycles. The number of hydrogen-bond donors (Lipinski definition) is 3. The van der Waals surface area contributed by atoms with Crippen molar-refractivity contribution < 1.29 is 5.11 Å². The highest BCUT2D eigenvalue weighted by Gasteiger charge is 2.07. The Bertz CT molecular complexity index is 1100. The zero-order valence-corrected chi connectivity index (χ0v) is 14.7. The van der Waals surface area contributed by atoms with Gasteiger partial charge in [-0.2, -0.15) is 15.0 Å². The van der Waals surface area contributed by atoms with Crippen molar-refractivity contribution in [2.45, 2.75) is 13.5 Å². The fraction of sp³-hybridized carbons (Fsp3) is 0.100. The van der Waals surface area contributed by atoms with Gasteiger partial charge in [-0.25, -0.2) is 0 Å². The van der Waals surface area contributed by atoms with Gasteiger partial charge in [-0.3, -0.25) is 4.98 Å². The number of pyridine rings is 1. The molecule has 0 unspecified atom stereocenters. The predicted octanol–water partition coefficient (Wildman–Crippen LogP) is 3.79. The van der Waals surface area contributed by atoms with E-state index in [9.17, 15) is 5.11 Å². The standard InChI is InChI=1S/C20H18N6O/c1-13-5-2-3-6-15(13)12-22-18-24-19(26-20(27)25-18)23-16-8-9-17-14(11-16)7-4-10-21-17/h2-11H,12H2,1H3,(H3,22,23,24,25,26,27). The summed E-state index contributed by atoms with van der Waals surface area (Å²) in [5, 5.41) is 17.1. The number of aryl methyl sites for hydroxylation is 1. The Morgan fingerprint density at radius 2 is 1.78 bits per heavy atom. The van der Waals surface area contributed by atoms with Gasteiger partial charge in [0.05, 0.1) is 5.52 Å². The Morgan fingerprint density at radius 3 is 2.67 bits per heavy atom. The molecular weight excluding hydrogens is 340 g/mol. The van der Waals surface area contributed by atoms with Gasteiger partial charge in [-0.15, -0.1) is 0 Å². The molecule has 0 aliphatic rings. The van der Waals surface area contributed by atoms with E-state index in [4.69, 9.17) is 0 Å². The van der Waals surface area contributed by atoms with Crippen LogP contribution in [0.3, 0.4) is 0 Å². The van der Waals surface area contributed by atoms with Crippen molar-refractivity contribution in [2.24, 2.45) is 0 Å². The molecule has 0 spiro atoms. The Balaban J connectivity index is 1.53. The number of anilines is 3. The van der Waals surface area contributed by atoms with Crippen LogP contribution < -0.4 is 10.6 Å². The number of nitrogens with zero attached hydrogens (tertiary/aromatic N) is 4. The molecule has 0 bridgehead atoms. The third-order valence-corrected chi connectivity index (χ3v) is 4.18. The maximum atomic E-state index is 9.84. The molecule has 0 saturated heterocycles. The molecule has 134 valence electrons. The lowest BCUT2D eigenvalue weighted by Crippen LogP contribution is -2.07. The van der Waals surface area contributed by atoms with Crippen LogP contribution in [0.5, 0.6) is 6.01 Å². The summed E-state index contributed by atoms with van der Waals surface area (Å²) in [6.45, 7) is 2.60. The van der Waals surface area contributed by atoms with Gasteiger partial charge < -0.3 is 15.7 Å². The predicted molar refractivity (Wildman–Crippen MR) is 105 cm³/mol. The molecule has 0 amide bonds. The number of nitrogens with one attached hydrogen (secondary N) is 2. The monoisotopic (exact) mass is 358 g/mol. The average molecular weight is 358 g/mol. The lowest BCUT2D eigenvalue weighted by molar-refractivity contribution is 0.430. The maximum Gasteiger partial charge on any atom is 0.320 e. The molecule has 7 nitrogen and oxygen atoms in total. The minimum absolute atomic E-state index is 0.262. The Kier molecular flexibility index (Phi) is 4.49. The Morgan fingerprint density at radius 1 is 0.926 bits per heavy atom. The first-order valence-electron chi connectivity index (χ1n) is 8.52. The molecule has 0 saturated carbocycles. The highest BCUT2D eigenvalue weighted by molar-refractivity contribution is 5.82. The third kappa shape index (κ3) is 3.92. The molecule has 4 rings (SSSR count). The number of aromatic nitrogens is 4. The van der Waals surface area contributed by atoms with Crippen molar-refractivity contribution in [1.29, 1.82) is 0 Å². The molecule has 2 aromatic heterocycles. The van der Waals surface area contributed by atoms with Gasteiger partial charge in [0.25, 0.3) is 0 Å². The number of rotatable bonds is 5. The molecule has 0 radical (unpaired) electrons. The molecule has 4 aromatic rings. The van der Waals surface area contributed by atoms with Gasteiger partial charge in [0.15, 0.2) is 0 Å². The quantitative estimate of drug-likeness (QED) is 0.499. The van der Waals surface area contributed by atoms with Gasteiger partial charge in [0.2, 0.25) is 11.9 Å². The lowest BCUT2D eigenvalue weighted by Gasteiger charge is -2.10. The number of aromatic hydroxyl groups is 1. The van der Waals surface area contributed by atoms with Gasteiger partial charge in [0.1, 0.15) is 0 Å². The summed E-state index contributed by atoms with van der Waals surface area (Å²) < 4.78 is 0. The van der Waals surface area contributed by atoms with Crippen LogP contribution in [0.15, 0.2) is 60.8 Å². The zero-order valence-electron chi connectivity index (χ0n) is 14.7. The molecule has 0 aliphatic heterocycles. The van der Waals surface area contributed by atoms with E-state index in [1.54, 1.807) is 6.20 Å². The van der Waals surface area contributed by atoms with E-state index in [1.165, 1.54) is 5.56 Å². The molecule has 3 N–H and O–H groups in total. The molecule has 0 atom stereocenters. The van der Waals surface area contributed by atoms with Gasteiger partial charge >= 0.3 is 6.01 Å². The van der Waals surface area contributed by atoms with Crippen molar-refractivity contribution in [3.05, 3.63) is 71.9 Å². The van der Waals surface area contributed by atoms with Gasteiger partial charge in [-0.1, -0.05) is 30.3 Å². The Hall–Kier alpha value is -3.74. The van der Waals surface area contributed by atoms with Crippen LogP contribution in [0.25, 0.3) is 10.9 Å². The van der Waals surface area contributed by atoms with E-state index < -0.39 is 0 Å². The smallest absolute Gasteiger partial charge is 0.320 e. The first kappa shape index (κ1) is 16.7. The van der Waals surface area contributed by atoms with E-state index in [0.29, 0.717) is 12.5 Å². The van der Waals surface area contributed by atoms with Crippen molar-refractivity contribution in [3.63, 3.8) is 0 Å². The van der Waals surface area contributed by atoms with Crippen LogP contribution in [0.1, 0.15) is 11.1 Å². The minimum atomic E-state index is -0.345. The summed E-state index contributed by atoms with van der Waals surface area (Å²) in [6, 6.07) is 17.3. The van der Waals surface area contributed by atoms with Crippen LogP contribution in [-0.4, -0.2) is 25.0 Å². The second kappa shape index (κ2) is 7.25. The van der Waals surface area contributed by atoms with Crippen molar-refractivity contribution >= 4 is 28.5 Å². The highest BCUT2D eigenvalue weighted by atomic mass is 16.3. The molecule has 7 heteroatoms. The number of benzene rings is 2. The molecule has 2 aromatic carbocycles. The van der Waals surface area contributed by atoms with E-state index >= 15 is 0 Å². The maximum absolute atomic E-state index is 9.84. The largest absolute Gasteiger partial charge is 0.479 e. The summed E-state index contributed by atoms with van der Waals surface area (Å²) in [5.41, 5.74) is 4.01. The number of hydrogen-bond acceptors (Lipinski definition) is 7. The summed E-state index contributed by atoms with van der Waals surface area (Å²) in [7, 11) is 0. The van der Waals surface area contributed by atoms with Crippen molar-refractivity contribution in [2.75, 3.05) is 10.6 Å². The first-order chi connectivity index (χ1) is 13.2. The van der Waals surface area contributed by atoms with Crippen molar-refractivity contribution in [1.82, 2.24) is 19.9 Å².